The number of fused-ring (bicyclic) bond motifs is 2. The van der Waals surface area contributed by atoms with Crippen LogP contribution >= 0.6 is 0 Å². The van der Waals surface area contributed by atoms with Crippen molar-refractivity contribution in [1.29, 1.82) is 0 Å². The monoisotopic (exact) mass is 427 g/mol. The minimum absolute atomic E-state index is 0.208. The van der Waals surface area contributed by atoms with Crippen LogP contribution < -0.4 is 4.74 Å². The average Bonchev–Trinajstić information content (AvgIpc) is 3.50. The molecule has 4 aromatic rings. The maximum atomic E-state index is 6.35. The number of piperidine rings is 1. The van der Waals surface area contributed by atoms with Crippen LogP contribution in [0.4, 0.5) is 0 Å². The molecule has 0 spiro atoms. The van der Waals surface area contributed by atoms with E-state index in [-0.39, 0.29) is 6.10 Å². The lowest BCUT2D eigenvalue weighted by atomic mass is 10.0. The van der Waals surface area contributed by atoms with Crippen LogP contribution in [0.5, 0.6) is 5.88 Å². The van der Waals surface area contributed by atoms with Crippen molar-refractivity contribution >= 4 is 21.9 Å². The van der Waals surface area contributed by atoms with Crippen LogP contribution in [0.25, 0.3) is 33.1 Å². The molecule has 6 nitrogen and oxygen atoms in total. The number of aromatic nitrogens is 4. The normalized spacial score (nSPS) is 18.7. The molecule has 0 atom stereocenters. The second-order valence-corrected chi connectivity index (χ2v) is 9.35. The van der Waals surface area contributed by atoms with Crippen molar-refractivity contribution in [2.45, 2.75) is 50.5 Å². The Balaban J connectivity index is 1.34. The van der Waals surface area contributed by atoms with Gasteiger partial charge in [0.15, 0.2) is 0 Å². The summed E-state index contributed by atoms with van der Waals surface area (Å²) in [5.74, 6) is 1.30. The minimum atomic E-state index is 0.208. The number of benzene rings is 1. The highest BCUT2D eigenvalue weighted by atomic mass is 16.5. The lowest BCUT2D eigenvalue weighted by molar-refractivity contribution is 0.111. The van der Waals surface area contributed by atoms with E-state index in [0.717, 1.165) is 59.0 Å². The number of nitrogens with zero attached hydrogens (tertiary/aromatic N) is 4. The maximum Gasteiger partial charge on any atom is 0.224 e. The first-order valence-electron chi connectivity index (χ1n) is 11.8. The highest BCUT2D eigenvalue weighted by Crippen LogP contribution is 2.36. The summed E-state index contributed by atoms with van der Waals surface area (Å²) < 4.78 is 6.35. The summed E-state index contributed by atoms with van der Waals surface area (Å²) in [5.41, 5.74) is 5.39. The number of pyridine rings is 1. The Morgan fingerprint density at radius 2 is 1.81 bits per heavy atom. The predicted octanol–water partition coefficient (Wildman–Crippen LogP) is 5.30. The number of nitrogens with one attached hydrogen (secondary N) is 1. The van der Waals surface area contributed by atoms with Crippen LogP contribution in [0.1, 0.15) is 50.1 Å². The zero-order valence-electron chi connectivity index (χ0n) is 18.6. The highest BCUT2D eigenvalue weighted by molar-refractivity contribution is 5.97. The second-order valence-electron chi connectivity index (χ2n) is 9.35. The predicted molar refractivity (Wildman–Crippen MR) is 127 cm³/mol. The summed E-state index contributed by atoms with van der Waals surface area (Å²) in [6.07, 6.45) is 11.1. The Morgan fingerprint density at radius 1 is 0.969 bits per heavy atom. The standard InChI is InChI=1S/C26H29N5O/c1-31-12-10-19(11-13-31)32-26-21-14-18(6-8-24(21)28-16-29-26)22-15-27-25-20(22)7-9-23(30-25)17-4-2-3-5-17/h6-9,14-17,19H,2-5,10-13H2,1H3,(H,27,30). The number of aromatic amines is 1. The fraction of sp³-hybridized carbons (Fsp3) is 0.423. The summed E-state index contributed by atoms with van der Waals surface area (Å²) in [6.45, 7) is 2.12. The Bertz CT molecular complexity index is 1250. The van der Waals surface area contributed by atoms with Crippen LogP contribution in [0.15, 0.2) is 42.9 Å². The Hall–Kier alpha value is -2.99. The summed E-state index contributed by atoms with van der Waals surface area (Å²) in [6, 6.07) is 10.8. The molecule has 0 bridgehead atoms. The van der Waals surface area contributed by atoms with Crippen molar-refractivity contribution in [1.82, 2.24) is 24.8 Å². The van der Waals surface area contributed by atoms with Gasteiger partial charge in [0.25, 0.3) is 0 Å². The molecule has 1 aliphatic carbocycles. The van der Waals surface area contributed by atoms with Gasteiger partial charge in [-0.3, -0.25) is 0 Å². The molecule has 2 fully saturated rings. The van der Waals surface area contributed by atoms with Crippen molar-refractivity contribution in [2.24, 2.45) is 0 Å². The SMILES string of the molecule is CN1CCC(Oc2ncnc3ccc(-c4c[nH]c5nc(C6CCCC6)ccc45)cc23)CC1. The number of hydrogen-bond acceptors (Lipinski definition) is 5. The van der Waals surface area contributed by atoms with Crippen molar-refractivity contribution in [3.63, 3.8) is 0 Å². The Morgan fingerprint density at radius 3 is 2.66 bits per heavy atom. The van der Waals surface area contributed by atoms with E-state index in [9.17, 15) is 0 Å². The fourth-order valence-corrected chi connectivity index (χ4v) is 5.26. The molecule has 4 heterocycles. The molecule has 32 heavy (non-hydrogen) atoms. The molecule has 6 heteroatoms. The van der Waals surface area contributed by atoms with Crippen LogP contribution in [0, 0.1) is 0 Å². The molecule has 3 aromatic heterocycles. The van der Waals surface area contributed by atoms with Crippen LogP contribution in [-0.4, -0.2) is 51.1 Å². The van der Waals surface area contributed by atoms with Crippen LogP contribution in [0.3, 0.4) is 0 Å². The minimum Gasteiger partial charge on any atom is -0.474 e. The third kappa shape index (κ3) is 3.62. The third-order valence-electron chi connectivity index (χ3n) is 7.19. The topological polar surface area (TPSA) is 66.9 Å². The first-order valence-corrected chi connectivity index (χ1v) is 11.8. The molecule has 1 saturated heterocycles. The van der Waals surface area contributed by atoms with E-state index in [1.54, 1.807) is 6.33 Å². The van der Waals surface area contributed by atoms with Gasteiger partial charge in [-0.1, -0.05) is 18.9 Å². The molecule has 6 rings (SSSR count). The summed E-state index contributed by atoms with van der Waals surface area (Å²) in [7, 11) is 2.16. The average molecular weight is 428 g/mol. The van der Waals surface area contributed by atoms with Crippen molar-refractivity contribution in [2.75, 3.05) is 20.1 Å². The number of ether oxygens (including phenoxy) is 1. The quantitative estimate of drug-likeness (QED) is 0.478. The molecular formula is C26H29N5O. The van der Waals surface area contributed by atoms with Crippen LogP contribution in [-0.2, 0) is 0 Å². The van der Waals surface area contributed by atoms with Gasteiger partial charge in [-0.2, -0.15) is 0 Å². The molecule has 2 aliphatic rings. The van der Waals surface area contributed by atoms with Crippen molar-refractivity contribution in [3.05, 3.63) is 48.5 Å². The molecule has 1 aliphatic heterocycles. The zero-order chi connectivity index (χ0) is 21.5. The lowest BCUT2D eigenvalue weighted by Gasteiger charge is -2.29. The molecular weight excluding hydrogens is 398 g/mol. The fourth-order valence-electron chi connectivity index (χ4n) is 5.26. The Labute approximate surface area is 188 Å². The number of rotatable bonds is 4. The van der Waals surface area contributed by atoms with Crippen molar-refractivity contribution in [3.8, 4) is 17.0 Å². The van der Waals surface area contributed by atoms with Gasteiger partial charge < -0.3 is 14.6 Å². The third-order valence-corrected chi connectivity index (χ3v) is 7.19. The van der Waals surface area contributed by atoms with Gasteiger partial charge in [0, 0.05) is 41.8 Å². The maximum absolute atomic E-state index is 6.35. The largest absolute Gasteiger partial charge is 0.474 e. The van der Waals surface area contributed by atoms with Gasteiger partial charge in [0.05, 0.1) is 10.9 Å². The number of H-pyrrole nitrogens is 1. The first-order chi connectivity index (χ1) is 15.7. The summed E-state index contributed by atoms with van der Waals surface area (Å²) in [5, 5.41) is 2.12. The van der Waals surface area contributed by atoms with E-state index in [4.69, 9.17) is 9.72 Å². The van der Waals surface area contributed by atoms with Gasteiger partial charge >= 0.3 is 0 Å². The first kappa shape index (κ1) is 19.7. The van der Waals surface area contributed by atoms with E-state index in [1.807, 2.05) is 0 Å². The van der Waals surface area contributed by atoms with Gasteiger partial charge in [-0.15, -0.1) is 0 Å². The Kier molecular flexibility index (Phi) is 5.02. The smallest absolute Gasteiger partial charge is 0.224 e. The molecule has 0 amide bonds. The molecule has 164 valence electrons. The van der Waals surface area contributed by atoms with E-state index >= 15 is 0 Å². The highest BCUT2D eigenvalue weighted by Gasteiger charge is 2.21. The van der Waals surface area contributed by atoms with Gasteiger partial charge in [-0.05, 0) is 62.6 Å². The number of likely N-dealkylation sites (tertiary alicyclic amines) is 1. The number of hydrogen-bond donors (Lipinski definition) is 1. The molecule has 1 aromatic carbocycles. The van der Waals surface area contributed by atoms with E-state index in [1.165, 1.54) is 31.4 Å². The summed E-state index contributed by atoms with van der Waals surface area (Å²) >= 11 is 0. The lowest BCUT2D eigenvalue weighted by Crippen LogP contribution is -2.35. The van der Waals surface area contributed by atoms with Gasteiger partial charge in [-0.25, -0.2) is 15.0 Å². The van der Waals surface area contributed by atoms with E-state index < -0.39 is 0 Å². The zero-order valence-corrected chi connectivity index (χ0v) is 18.6. The summed E-state index contributed by atoms with van der Waals surface area (Å²) in [4.78, 5) is 19.7. The van der Waals surface area contributed by atoms with Crippen LogP contribution in [0.2, 0.25) is 0 Å². The van der Waals surface area contributed by atoms with Gasteiger partial charge in [0.2, 0.25) is 5.88 Å². The van der Waals surface area contributed by atoms with E-state index in [0.29, 0.717) is 11.8 Å². The molecule has 1 N–H and O–H groups in total. The molecule has 0 unspecified atom stereocenters. The second kappa shape index (κ2) is 8.17. The van der Waals surface area contributed by atoms with Crippen molar-refractivity contribution < 1.29 is 4.74 Å². The van der Waals surface area contributed by atoms with Gasteiger partial charge in [0.1, 0.15) is 18.1 Å². The molecule has 0 radical (unpaired) electrons. The molecule has 1 saturated carbocycles. The van der Waals surface area contributed by atoms with E-state index in [2.05, 4.69) is 63.4 Å².